The van der Waals surface area contributed by atoms with Crippen LogP contribution in [0.5, 0.6) is 0 Å². The van der Waals surface area contributed by atoms with Crippen molar-refractivity contribution in [1.29, 1.82) is 0 Å². The first kappa shape index (κ1) is 14.9. The van der Waals surface area contributed by atoms with Gasteiger partial charge in [-0.05, 0) is 50.8 Å². The highest BCUT2D eigenvalue weighted by Crippen LogP contribution is 2.27. The fourth-order valence-corrected chi connectivity index (χ4v) is 4.54. The van der Waals surface area contributed by atoms with Crippen molar-refractivity contribution in [2.45, 2.75) is 56.1 Å². The molecule has 0 spiro atoms. The van der Waals surface area contributed by atoms with Gasteiger partial charge in [-0.25, -0.2) is 12.8 Å². The third-order valence-corrected chi connectivity index (χ3v) is 6.28. The molecule has 2 aliphatic rings. The van der Waals surface area contributed by atoms with Crippen LogP contribution in [0.4, 0.5) is 4.39 Å². The molecule has 0 bridgehead atoms. The first-order valence-corrected chi connectivity index (χ1v) is 8.96. The number of hydrogen-bond donors (Lipinski definition) is 1. The van der Waals surface area contributed by atoms with Crippen molar-refractivity contribution >= 4 is 10.0 Å². The van der Waals surface area contributed by atoms with Crippen molar-refractivity contribution in [2.75, 3.05) is 6.54 Å². The van der Waals surface area contributed by atoms with Crippen molar-refractivity contribution in [1.82, 2.24) is 9.62 Å². The van der Waals surface area contributed by atoms with Crippen LogP contribution in [-0.2, 0) is 16.6 Å². The van der Waals surface area contributed by atoms with Crippen LogP contribution in [0.2, 0.25) is 0 Å². The molecule has 1 unspecified atom stereocenters. The van der Waals surface area contributed by atoms with Crippen LogP contribution < -0.4 is 5.32 Å². The van der Waals surface area contributed by atoms with Crippen LogP contribution in [0.15, 0.2) is 23.1 Å². The van der Waals surface area contributed by atoms with E-state index in [9.17, 15) is 12.8 Å². The van der Waals surface area contributed by atoms with Gasteiger partial charge in [0, 0.05) is 30.7 Å². The van der Waals surface area contributed by atoms with Gasteiger partial charge in [-0.2, -0.15) is 4.31 Å². The SMILES string of the molecule is CC1CCCN1S(=O)(=O)c1ccc(F)c(CNC2CC2)c1. The van der Waals surface area contributed by atoms with Gasteiger partial charge in [-0.1, -0.05) is 0 Å². The highest BCUT2D eigenvalue weighted by molar-refractivity contribution is 7.89. The second kappa shape index (κ2) is 5.66. The minimum Gasteiger partial charge on any atom is -0.310 e. The van der Waals surface area contributed by atoms with Gasteiger partial charge in [0.05, 0.1) is 4.90 Å². The average molecular weight is 312 g/mol. The second-order valence-corrected chi connectivity index (χ2v) is 7.91. The van der Waals surface area contributed by atoms with E-state index in [0.717, 1.165) is 25.7 Å². The van der Waals surface area contributed by atoms with Crippen molar-refractivity contribution in [3.8, 4) is 0 Å². The lowest BCUT2D eigenvalue weighted by Crippen LogP contribution is -2.33. The zero-order chi connectivity index (χ0) is 15.0. The minimum absolute atomic E-state index is 0.0214. The number of nitrogens with one attached hydrogen (secondary N) is 1. The monoisotopic (exact) mass is 312 g/mol. The van der Waals surface area contributed by atoms with E-state index in [0.29, 0.717) is 24.7 Å². The average Bonchev–Trinajstić information content (AvgIpc) is 3.17. The van der Waals surface area contributed by atoms with E-state index < -0.39 is 10.0 Å². The van der Waals surface area contributed by atoms with Crippen molar-refractivity contribution in [2.24, 2.45) is 0 Å². The molecule has 3 rings (SSSR count). The van der Waals surface area contributed by atoms with E-state index in [1.807, 2.05) is 6.92 Å². The topological polar surface area (TPSA) is 49.4 Å². The molecule has 1 atom stereocenters. The third-order valence-electron chi connectivity index (χ3n) is 4.27. The summed E-state index contributed by atoms with van der Waals surface area (Å²) >= 11 is 0. The molecule has 21 heavy (non-hydrogen) atoms. The molecule has 1 aromatic rings. The van der Waals surface area contributed by atoms with E-state index in [2.05, 4.69) is 5.32 Å². The normalized spacial score (nSPS) is 23.6. The summed E-state index contributed by atoms with van der Waals surface area (Å²) in [6, 6.07) is 4.59. The van der Waals surface area contributed by atoms with Crippen molar-refractivity contribution in [3.63, 3.8) is 0 Å². The maximum atomic E-state index is 13.8. The van der Waals surface area contributed by atoms with E-state index in [1.54, 1.807) is 0 Å². The maximum absolute atomic E-state index is 13.8. The molecule has 4 nitrogen and oxygen atoms in total. The molecule has 1 saturated carbocycles. The number of rotatable bonds is 5. The van der Waals surface area contributed by atoms with Crippen LogP contribution in [-0.4, -0.2) is 31.4 Å². The summed E-state index contributed by atoms with van der Waals surface area (Å²) in [5, 5.41) is 3.22. The van der Waals surface area contributed by atoms with Crippen molar-refractivity contribution < 1.29 is 12.8 Å². The number of hydrogen-bond acceptors (Lipinski definition) is 3. The Labute approximate surface area is 125 Å². The third kappa shape index (κ3) is 3.12. The summed E-state index contributed by atoms with van der Waals surface area (Å²) in [5.74, 6) is -0.350. The minimum atomic E-state index is -3.51. The summed E-state index contributed by atoms with van der Waals surface area (Å²) in [4.78, 5) is 0.199. The van der Waals surface area contributed by atoms with Gasteiger partial charge in [-0.15, -0.1) is 0 Å². The molecule has 1 N–H and O–H groups in total. The smallest absolute Gasteiger partial charge is 0.243 e. The molecule has 116 valence electrons. The molecule has 6 heteroatoms. The second-order valence-electron chi connectivity index (χ2n) is 6.02. The molecule has 1 saturated heterocycles. The molecule has 1 aliphatic heterocycles. The number of benzene rings is 1. The van der Waals surface area contributed by atoms with Crippen LogP contribution in [0.1, 0.15) is 38.2 Å². The van der Waals surface area contributed by atoms with Crippen molar-refractivity contribution in [3.05, 3.63) is 29.6 Å². The lowest BCUT2D eigenvalue weighted by atomic mass is 10.2. The lowest BCUT2D eigenvalue weighted by Gasteiger charge is -2.21. The predicted molar refractivity (Wildman–Crippen MR) is 78.8 cm³/mol. The summed E-state index contributed by atoms with van der Waals surface area (Å²) in [7, 11) is -3.51. The summed E-state index contributed by atoms with van der Waals surface area (Å²) in [5.41, 5.74) is 0.426. The molecule has 1 heterocycles. The Kier molecular flexibility index (Phi) is 4.03. The van der Waals surface area contributed by atoms with Crippen LogP contribution in [0.25, 0.3) is 0 Å². The fraction of sp³-hybridized carbons (Fsp3) is 0.600. The van der Waals surface area contributed by atoms with Gasteiger partial charge < -0.3 is 5.32 Å². The van der Waals surface area contributed by atoms with E-state index in [-0.39, 0.29) is 16.8 Å². The molecule has 0 radical (unpaired) electrons. The molecule has 1 aliphatic carbocycles. The first-order valence-electron chi connectivity index (χ1n) is 7.52. The van der Waals surface area contributed by atoms with Gasteiger partial charge in [-0.3, -0.25) is 0 Å². The standard InChI is InChI=1S/C15H21FN2O2S/c1-11-3-2-8-18(11)21(19,20)14-6-7-15(16)12(9-14)10-17-13-4-5-13/h6-7,9,11,13,17H,2-5,8,10H2,1H3. The summed E-state index contributed by atoms with van der Waals surface area (Å²) in [6.07, 6.45) is 4.00. The zero-order valence-electron chi connectivity index (χ0n) is 12.2. The van der Waals surface area contributed by atoms with Crippen LogP contribution in [0.3, 0.4) is 0 Å². The Hall–Kier alpha value is -0.980. The predicted octanol–water partition coefficient (Wildman–Crippen LogP) is 2.25. The summed E-state index contributed by atoms with van der Waals surface area (Å²) in [6.45, 7) is 2.86. The molecular weight excluding hydrogens is 291 g/mol. The van der Waals surface area contributed by atoms with Gasteiger partial charge in [0.1, 0.15) is 5.82 Å². The molecular formula is C15H21FN2O2S. The lowest BCUT2D eigenvalue weighted by molar-refractivity contribution is 0.408. The maximum Gasteiger partial charge on any atom is 0.243 e. The zero-order valence-corrected chi connectivity index (χ0v) is 13.0. The van der Waals surface area contributed by atoms with E-state index >= 15 is 0 Å². The molecule has 2 fully saturated rings. The molecule has 1 aromatic carbocycles. The Bertz CT molecular complexity index is 629. The van der Waals surface area contributed by atoms with Gasteiger partial charge >= 0.3 is 0 Å². The van der Waals surface area contributed by atoms with Crippen LogP contribution >= 0.6 is 0 Å². The number of sulfonamides is 1. The summed E-state index contributed by atoms with van der Waals surface area (Å²) < 4.78 is 40.6. The quantitative estimate of drug-likeness (QED) is 0.907. The Morgan fingerprint density at radius 1 is 1.33 bits per heavy atom. The highest BCUT2D eigenvalue weighted by Gasteiger charge is 2.33. The Balaban J connectivity index is 1.85. The molecule has 0 aromatic heterocycles. The van der Waals surface area contributed by atoms with Gasteiger partial charge in [0.25, 0.3) is 0 Å². The number of halogens is 1. The fourth-order valence-electron chi connectivity index (χ4n) is 2.79. The highest BCUT2D eigenvalue weighted by atomic mass is 32.2. The van der Waals surface area contributed by atoms with E-state index in [4.69, 9.17) is 0 Å². The van der Waals surface area contributed by atoms with Crippen LogP contribution in [0, 0.1) is 5.82 Å². The molecule has 0 amide bonds. The largest absolute Gasteiger partial charge is 0.310 e. The van der Waals surface area contributed by atoms with Gasteiger partial charge in [0.2, 0.25) is 10.0 Å². The first-order chi connectivity index (χ1) is 9.98. The van der Waals surface area contributed by atoms with E-state index in [1.165, 1.54) is 22.5 Å². The number of nitrogens with zero attached hydrogens (tertiary/aromatic N) is 1. The Morgan fingerprint density at radius 2 is 2.10 bits per heavy atom. The van der Waals surface area contributed by atoms with Gasteiger partial charge in [0.15, 0.2) is 0 Å². The Morgan fingerprint density at radius 3 is 2.71 bits per heavy atom.